The second kappa shape index (κ2) is 7.24. The van der Waals surface area contributed by atoms with Crippen molar-refractivity contribution in [1.82, 2.24) is 4.57 Å². The second-order valence-electron chi connectivity index (χ2n) is 5.06. The summed E-state index contributed by atoms with van der Waals surface area (Å²) in [7, 11) is 3.20. The number of aromatic nitrogens is 1. The Bertz CT molecular complexity index is 706. The highest BCUT2D eigenvalue weighted by atomic mass is 16.5. The highest BCUT2D eigenvalue weighted by Gasteiger charge is 2.14. The molecule has 2 aromatic rings. The first kappa shape index (κ1) is 16.3. The predicted octanol–water partition coefficient (Wildman–Crippen LogP) is 1.97. The number of hydrogen-bond donors (Lipinski definition) is 1. The third-order valence-corrected chi connectivity index (χ3v) is 3.57. The lowest BCUT2D eigenvalue weighted by molar-refractivity contribution is 0.186. The topological polar surface area (TPSA) is 60.7 Å². The molecule has 0 radical (unpaired) electrons. The molecule has 118 valence electrons. The van der Waals surface area contributed by atoms with Gasteiger partial charge in [0.05, 0.1) is 26.0 Å². The zero-order valence-corrected chi connectivity index (χ0v) is 13.1. The monoisotopic (exact) mass is 303 g/mol. The number of ether oxygens (including phenoxy) is 2. The van der Waals surface area contributed by atoms with Crippen molar-refractivity contribution in [1.29, 1.82) is 0 Å². The lowest BCUT2D eigenvalue weighted by atomic mass is 10.1. The molecule has 0 amide bonds. The molecule has 0 saturated heterocycles. The van der Waals surface area contributed by atoms with Gasteiger partial charge in [0, 0.05) is 24.8 Å². The van der Waals surface area contributed by atoms with Gasteiger partial charge in [-0.1, -0.05) is 11.6 Å². The summed E-state index contributed by atoms with van der Waals surface area (Å²) in [6, 6.07) is 9.32. The van der Waals surface area contributed by atoms with E-state index in [1.54, 1.807) is 24.9 Å². The molecule has 0 aliphatic heterocycles. The zero-order valence-electron chi connectivity index (χ0n) is 13.1. The quantitative estimate of drug-likeness (QED) is 0.886. The van der Waals surface area contributed by atoms with Crippen molar-refractivity contribution in [3.05, 3.63) is 51.8 Å². The Morgan fingerprint density at radius 1 is 1.18 bits per heavy atom. The van der Waals surface area contributed by atoms with E-state index in [9.17, 15) is 9.90 Å². The summed E-state index contributed by atoms with van der Waals surface area (Å²) < 4.78 is 12.1. The minimum absolute atomic E-state index is 0.208. The van der Waals surface area contributed by atoms with Crippen LogP contribution in [0.1, 0.15) is 11.1 Å². The summed E-state index contributed by atoms with van der Waals surface area (Å²) in [5.74, 6) is 0.702. The van der Waals surface area contributed by atoms with Crippen LogP contribution in [0.25, 0.3) is 11.3 Å². The maximum Gasteiger partial charge on any atom is 0.256 e. The van der Waals surface area contributed by atoms with Crippen molar-refractivity contribution in [3.8, 4) is 17.0 Å². The molecule has 0 aliphatic rings. The Hall–Kier alpha value is -2.11. The van der Waals surface area contributed by atoms with Crippen molar-refractivity contribution in [2.75, 3.05) is 20.8 Å². The zero-order chi connectivity index (χ0) is 16.1. The lowest BCUT2D eigenvalue weighted by Gasteiger charge is -2.17. The van der Waals surface area contributed by atoms with Crippen molar-refractivity contribution in [2.24, 2.45) is 0 Å². The van der Waals surface area contributed by atoms with Gasteiger partial charge in [0.25, 0.3) is 5.56 Å². The van der Waals surface area contributed by atoms with Crippen LogP contribution < -0.4 is 10.3 Å². The SMILES string of the molecule is COCCn1c(-c2cc(C)ccc2OC)ccc(CO)c1=O. The highest BCUT2D eigenvalue weighted by Crippen LogP contribution is 2.30. The summed E-state index contributed by atoms with van der Waals surface area (Å²) in [6.45, 7) is 2.53. The first-order chi connectivity index (χ1) is 10.6. The van der Waals surface area contributed by atoms with Crippen LogP contribution >= 0.6 is 0 Å². The highest BCUT2D eigenvalue weighted by molar-refractivity contribution is 5.68. The Morgan fingerprint density at radius 2 is 1.95 bits per heavy atom. The number of methoxy groups -OCH3 is 2. The average molecular weight is 303 g/mol. The molecule has 0 unspecified atom stereocenters. The van der Waals surface area contributed by atoms with Gasteiger partial charge in [-0.2, -0.15) is 0 Å². The van der Waals surface area contributed by atoms with Crippen molar-refractivity contribution in [2.45, 2.75) is 20.1 Å². The fourth-order valence-corrected chi connectivity index (χ4v) is 2.41. The Morgan fingerprint density at radius 3 is 2.59 bits per heavy atom. The molecule has 0 atom stereocenters. The third-order valence-electron chi connectivity index (χ3n) is 3.57. The number of benzene rings is 1. The summed E-state index contributed by atoms with van der Waals surface area (Å²) >= 11 is 0. The third kappa shape index (κ3) is 3.21. The molecule has 5 nitrogen and oxygen atoms in total. The number of aliphatic hydroxyl groups excluding tert-OH is 1. The molecule has 22 heavy (non-hydrogen) atoms. The van der Waals surface area contributed by atoms with E-state index >= 15 is 0 Å². The van der Waals surface area contributed by atoms with Crippen LogP contribution in [-0.2, 0) is 17.9 Å². The number of hydrogen-bond acceptors (Lipinski definition) is 4. The minimum atomic E-state index is -0.281. The molecule has 0 aliphatic carbocycles. The standard InChI is InChI=1S/C17H21NO4/c1-12-4-7-16(22-3)14(10-12)15-6-5-13(11-19)17(20)18(15)8-9-21-2/h4-7,10,19H,8-9,11H2,1-3H3. The van der Waals surface area contributed by atoms with Crippen molar-refractivity contribution < 1.29 is 14.6 Å². The van der Waals surface area contributed by atoms with Crippen LogP contribution in [-0.4, -0.2) is 30.5 Å². The normalized spacial score (nSPS) is 10.7. The predicted molar refractivity (Wildman–Crippen MR) is 85.2 cm³/mol. The number of pyridine rings is 1. The van der Waals surface area contributed by atoms with Gasteiger partial charge >= 0.3 is 0 Å². The van der Waals surface area contributed by atoms with Crippen LogP contribution in [0.2, 0.25) is 0 Å². The Balaban J connectivity index is 2.66. The van der Waals surface area contributed by atoms with Crippen LogP contribution in [0.5, 0.6) is 5.75 Å². The maximum absolute atomic E-state index is 12.5. The van der Waals surface area contributed by atoms with Crippen LogP contribution in [0.3, 0.4) is 0 Å². The summed E-state index contributed by atoms with van der Waals surface area (Å²) in [4.78, 5) is 12.5. The van der Waals surface area contributed by atoms with Gasteiger partial charge in [-0.25, -0.2) is 0 Å². The fraction of sp³-hybridized carbons (Fsp3) is 0.353. The molecular weight excluding hydrogens is 282 g/mol. The average Bonchev–Trinajstić information content (AvgIpc) is 2.53. The molecule has 0 spiro atoms. The Kier molecular flexibility index (Phi) is 5.35. The second-order valence-corrected chi connectivity index (χ2v) is 5.06. The Labute approximate surface area is 129 Å². The van der Waals surface area contributed by atoms with Gasteiger partial charge in [-0.15, -0.1) is 0 Å². The van der Waals surface area contributed by atoms with Gasteiger partial charge < -0.3 is 19.1 Å². The summed E-state index contributed by atoms with van der Waals surface area (Å²) in [5.41, 5.74) is 2.83. The largest absolute Gasteiger partial charge is 0.496 e. The molecule has 1 aromatic carbocycles. The molecule has 1 heterocycles. The van der Waals surface area contributed by atoms with E-state index in [0.717, 1.165) is 16.8 Å². The number of aryl methyl sites for hydroxylation is 1. The van der Waals surface area contributed by atoms with E-state index in [4.69, 9.17) is 9.47 Å². The number of aliphatic hydroxyl groups is 1. The van der Waals surface area contributed by atoms with E-state index in [1.807, 2.05) is 31.2 Å². The first-order valence-electron chi connectivity index (χ1n) is 7.10. The van der Waals surface area contributed by atoms with E-state index in [-0.39, 0.29) is 12.2 Å². The molecule has 0 saturated carbocycles. The van der Waals surface area contributed by atoms with Gasteiger partial charge in [0.2, 0.25) is 0 Å². The minimum Gasteiger partial charge on any atom is -0.496 e. The number of nitrogens with zero attached hydrogens (tertiary/aromatic N) is 1. The van der Waals surface area contributed by atoms with Gasteiger partial charge in [-0.05, 0) is 31.2 Å². The molecule has 5 heteroatoms. The summed E-state index contributed by atoms with van der Waals surface area (Å²) in [6.07, 6.45) is 0. The lowest BCUT2D eigenvalue weighted by Crippen LogP contribution is -2.26. The molecule has 1 N–H and O–H groups in total. The van der Waals surface area contributed by atoms with E-state index in [1.165, 1.54) is 0 Å². The smallest absolute Gasteiger partial charge is 0.256 e. The van der Waals surface area contributed by atoms with Crippen LogP contribution in [0.4, 0.5) is 0 Å². The molecule has 0 bridgehead atoms. The maximum atomic E-state index is 12.5. The van der Waals surface area contributed by atoms with Gasteiger partial charge in [-0.3, -0.25) is 4.79 Å². The molecule has 2 rings (SSSR count). The first-order valence-corrected chi connectivity index (χ1v) is 7.10. The fourth-order valence-electron chi connectivity index (χ4n) is 2.41. The van der Waals surface area contributed by atoms with E-state index in [0.29, 0.717) is 24.5 Å². The number of rotatable bonds is 6. The summed E-state index contributed by atoms with van der Waals surface area (Å²) in [5, 5.41) is 9.31. The van der Waals surface area contributed by atoms with Crippen molar-refractivity contribution >= 4 is 0 Å². The van der Waals surface area contributed by atoms with Gasteiger partial charge in [0.1, 0.15) is 5.75 Å². The van der Waals surface area contributed by atoms with E-state index < -0.39 is 0 Å². The van der Waals surface area contributed by atoms with Crippen LogP contribution in [0.15, 0.2) is 35.1 Å². The molecule has 1 aromatic heterocycles. The van der Waals surface area contributed by atoms with Crippen molar-refractivity contribution in [3.63, 3.8) is 0 Å². The van der Waals surface area contributed by atoms with Crippen LogP contribution in [0, 0.1) is 6.92 Å². The van der Waals surface area contributed by atoms with Gasteiger partial charge in [0.15, 0.2) is 0 Å². The molecule has 0 fully saturated rings. The molecular formula is C17H21NO4. The van der Waals surface area contributed by atoms with E-state index in [2.05, 4.69) is 0 Å².